The molecule has 6 nitrogen and oxygen atoms in total. The van der Waals surface area contributed by atoms with Crippen LogP contribution in [0, 0.1) is 17.3 Å². The molecule has 1 spiro atoms. The van der Waals surface area contributed by atoms with Crippen LogP contribution < -0.4 is 16.4 Å². The number of halogens is 1. The van der Waals surface area contributed by atoms with Gasteiger partial charge in [0, 0.05) is 24.2 Å². The molecule has 0 unspecified atom stereocenters. The van der Waals surface area contributed by atoms with Gasteiger partial charge in [0.05, 0.1) is 11.2 Å². The summed E-state index contributed by atoms with van der Waals surface area (Å²) in [6.45, 7) is 6.86. The second kappa shape index (κ2) is 7.59. The van der Waals surface area contributed by atoms with Gasteiger partial charge in [-0.05, 0) is 49.0 Å². The summed E-state index contributed by atoms with van der Waals surface area (Å²) in [5, 5.41) is 1.04. The molecular formula is C20H27ClN6S. The van der Waals surface area contributed by atoms with Crippen LogP contribution in [0.3, 0.4) is 0 Å². The summed E-state index contributed by atoms with van der Waals surface area (Å²) in [5.41, 5.74) is 12.5. The maximum absolute atomic E-state index is 6.22. The number of hydrogen-bond donors (Lipinski definition) is 2. The Hall–Kier alpha value is -1.73. The molecule has 1 aliphatic carbocycles. The number of aromatic nitrogens is 3. The molecular weight excluding hydrogens is 392 g/mol. The minimum atomic E-state index is 0.299. The lowest BCUT2D eigenvalue weighted by Crippen LogP contribution is -2.42. The van der Waals surface area contributed by atoms with Gasteiger partial charge in [0.15, 0.2) is 5.82 Å². The Morgan fingerprint density at radius 3 is 2.57 bits per heavy atom. The molecule has 2 atom stereocenters. The fourth-order valence-corrected chi connectivity index (χ4v) is 5.96. The Morgan fingerprint density at radius 2 is 1.93 bits per heavy atom. The van der Waals surface area contributed by atoms with Gasteiger partial charge in [0.1, 0.15) is 16.7 Å². The molecule has 28 heavy (non-hydrogen) atoms. The highest BCUT2D eigenvalue weighted by Gasteiger charge is 2.45. The standard InChI is InChI=1S/C20H27ClN6S/c1-12-9-13(2)20(10-12)4-7-27(8-5-20)15-11-25-19(18(23)26-15)28-14-3-6-24-17(22)16(14)21/h3,6,11-13H,4-5,7-10H2,1-2H3,(H2,22,24)(H2,23,26)/t12-,13+/m0/s1. The topological polar surface area (TPSA) is 94.0 Å². The number of anilines is 3. The Morgan fingerprint density at radius 1 is 1.18 bits per heavy atom. The smallest absolute Gasteiger partial charge is 0.158 e. The molecule has 0 aromatic carbocycles. The quantitative estimate of drug-likeness (QED) is 0.757. The second-order valence-electron chi connectivity index (χ2n) is 8.32. The first-order valence-corrected chi connectivity index (χ1v) is 11.0. The third-order valence-electron chi connectivity index (χ3n) is 6.48. The van der Waals surface area contributed by atoms with E-state index in [1.165, 1.54) is 37.4 Å². The molecule has 0 bridgehead atoms. The third kappa shape index (κ3) is 3.62. The van der Waals surface area contributed by atoms with E-state index < -0.39 is 0 Å². The molecule has 0 amide bonds. The number of pyridine rings is 1. The normalized spacial score (nSPS) is 24.0. The van der Waals surface area contributed by atoms with E-state index in [4.69, 9.17) is 23.1 Å². The van der Waals surface area contributed by atoms with Crippen molar-refractivity contribution in [3.63, 3.8) is 0 Å². The zero-order chi connectivity index (χ0) is 19.9. The van der Waals surface area contributed by atoms with Crippen molar-refractivity contribution < 1.29 is 0 Å². The van der Waals surface area contributed by atoms with Crippen molar-refractivity contribution in [2.75, 3.05) is 29.5 Å². The van der Waals surface area contributed by atoms with Crippen LogP contribution in [0.25, 0.3) is 0 Å². The van der Waals surface area contributed by atoms with E-state index >= 15 is 0 Å². The highest BCUT2D eigenvalue weighted by molar-refractivity contribution is 7.99. The van der Waals surface area contributed by atoms with Crippen molar-refractivity contribution in [2.24, 2.45) is 17.3 Å². The Labute approximate surface area is 175 Å². The summed E-state index contributed by atoms with van der Waals surface area (Å²) < 4.78 is 0. The van der Waals surface area contributed by atoms with Gasteiger partial charge in [0.25, 0.3) is 0 Å². The first-order chi connectivity index (χ1) is 13.4. The minimum absolute atomic E-state index is 0.299. The second-order valence-corrected chi connectivity index (χ2v) is 9.73. The van der Waals surface area contributed by atoms with E-state index in [1.54, 1.807) is 12.3 Å². The monoisotopic (exact) mass is 418 g/mol. The molecule has 1 saturated heterocycles. The molecule has 2 aromatic rings. The molecule has 2 aliphatic rings. The zero-order valence-corrected chi connectivity index (χ0v) is 17.9. The van der Waals surface area contributed by atoms with Gasteiger partial charge in [0.2, 0.25) is 0 Å². The van der Waals surface area contributed by atoms with E-state index in [0.29, 0.717) is 27.1 Å². The predicted octanol–water partition coefficient (Wildman–Crippen LogP) is 4.49. The molecule has 2 aromatic heterocycles. The van der Waals surface area contributed by atoms with Gasteiger partial charge >= 0.3 is 0 Å². The summed E-state index contributed by atoms with van der Waals surface area (Å²) in [6, 6.07) is 1.80. The molecule has 150 valence electrons. The minimum Gasteiger partial charge on any atom is -0.382 e. The highest BCUT2D eigenvalue weighted by Crippen LogP contribution is 2.52. The summed E-state index contributed by atoms with van der Waals surface area (Å²) >= 11 is 7.58. The Balaban J connectivity index is 1.46. The molecule has 4 N–H and O–H groups in total. The van der Waals surface area contributed by atoms with Gasteiger partial charge in [-0.15, -0.1) is 0 Å². The van der Waals surface area contributed by atoms with E-state index in [9.17, 15) is 0 Å². The largest absolute Gasteiger partial charge is 0.382 e. The molecule has 0 radical (unpaired) electrons. The first kappa shape index (κ1) is 19.6. The average molecular weight is 419 g/mol. The van der Waals surface area contributed by atoms with E-state index in [1.807, 2.05) is 6.20 Å². The zero-order valence-electron chi connectivity index (χ0n) is 16.4. The van der Waals surface area contributed by atoms with Crippen molar-refractivity contribution in [1.82, 2.24) is 15.0 Å². The lowest BCUT2D eigenvalue weighted by molar-refractivity contribution is 0.159. The third-order valence-corrected chi connectivity index (χ3v) is 8.06. The predicted molar refractivity (Wildman–Crippen MR) is 116 cm³/mol. The van der Waals surface area contributed by atoms with Gasteiger partial charge in [-0.2, -0.15) is 0 Å². The van der Waals surface area contributed by atoms with Crippen LogP contribution in [0.5, 0.6) is 0 Å². The Kier molecular flexibility index (Phi) is 5.31. The summed E-state index contributed by atoms with van der Waals surface area (Å²) in [4.78, 5) is 16.2. The molecule has 1 saturated carbocycles. The molecule has 1 aliphatic heterocycles. The van der Waals surface area contributed by atoms with Crippen LogP contribution in [0.2, 0.25) is 5.02 Å². The van der Waals surface area contributed by atoms with Gasteiger partial charge in [-0.25, -0.2) is 15.0 Å². The van der Waals surface area contributed by atoms with Crippen molar-refractivity contribution in [3.8, 4) is 0 Å². The number of piperidine rings is 1. The van der Waals surface area contributed by atoms with Gasteiger partial charge in [-0.1, -0.05) is 37.2 Å². The highest BCUT2D eigenvalue weighted by atomic mass is 35.5. The summed E-state index contributed by atoms with van der Waals surface area (Å²) in [5.74, 6) is 3.24. The maximum Gasteiger partial charge on any atom is 0.158 e. The first-order valence-electron chi connectivity index (χ1n) is 9.83. The van der Waals surface area contributed by atoms with Gasteiger partial charge < -0.3 is 16.4 Å². The van der Waals surface area contributed by atoms with Crippen LogP contribution in [0.15, 0.2) is 28.4 Å². The van der Waals surface area contributed by atoms with Crippen LogP contribution in [-0.4, -0.2) is 28.0 Å². The fourth-order valence-electron chi connectivity index (χ4n) is 4.95. The average Bonchev–Trinajstić information content (AvgIpc) is 2.94. The molecule has 3 heterocycles. The van der Waals surface area contributed by atoms with Crippen molar-refractivity contribution in [2.45, 2.75) is 49.5 Å². The van der Waals surface area contributed by atoms with Crippen molar-refractivity contribution in [3.05, 3.63) is 23.5 Å². The molecule has 8 heteroatoms. The van der Waals surface area contributed by atoms with Gasteiger partial charge in [-0.3, -0.25) is 0 Å². The SMILES string of the molecule is C[C@H]1C[C@@H](C)C2(CCN(c3cnc(Sc4ccnc(N)c4Cl)c(N)n3)CC2)C1. The lowest BCUT2D eigenvalue weighted by atomic mass is 9.71. The summed E-state index contributed by atoms with van der Waals surface area (Å²) in [6.07, 6.45) is 8.61. The fraction of sp³-hybridized carbons (Fsp3) is 0.550. The number of hydrogen-bond acceptors (Lipinski definition) is 7. The Bertz CT molecular complexity index is 868. The lowest BCUT2D eigenvalue weighted by Gasteiger charge is -2.42. The molecule has 4 rings (SSSR count). The maximum atomic E-state index is 6.22. The van der Waals surface area contributed by atoms with Crippen LogP contribution >= 0.6 is 23.4 Å². The summed E-state index contributed by atoms with van der Waals surface area (Å²) in [7, 11) is 0. The van der Waals surface area contributed by atoms with Crippen LogP contribution in [0.4, 0.5) is 17.5 Å². The van der Waals surface area contributed by atoms with E-state index in [2.05, 4.69) is 33.7 Å². The number of rotatable bonds is 3. The van der Waals surface area contributed by atoms with Crippen LogP contribution in [0.1, 0.15) is 39.5 Å². The number of nitrogen functional groups attached to an aromatic ring is 2. The van der Waals surface area contributed by atoms with E-state index in [-0.39, 0.29) is 0 Å². The number of nitrogens with zero attached hydrogens (tertiary/aromatic N) is 4. The number of nitrogens with two attached hydrogens (primary N) is 2. The molecule has 2 fully saturated rings. The van der Waals surface area contributed by atoms with Crippen LogP contribution in [-0.2, 0) is 0 Å². The van der Waals surface area contributed by atoms with E-state index in [0.717, 1.165) is 35.6 Å². The van der Waals surface area contributed by atoms with Crippen molar-refractivity contribution in [1.29, 1.82) is 0 Å². The van der Waals surface area contributed by atoms with Crippen molar-refractivity contribution >= 4 is 40.8 Å².